The molecule has 1 aromatic rings. The van der Waals surface area contributed by atoms with Gasteiger partial charge in [0.1, 0.15) is 0 Å². The summed E-state index contributed by atoms with van der Waals surface area (Å²) in [7, 11) is -3.40. The van der Waals surface area contributed by atoms with Gasteiger partial charge in [-0.15, -0.1) is 0 Å². The zero-order valence-electron chi connectivity index (χ0n) is 11.8. The molecule has 0 spiro atoms. The van der Waals surface area contributed by atoms with E-state index in [-0.39, 0.29) is 6.04 Å². The molecule has 1 aromatic carbocycles. The Bertz CT molecular complexity index is 567. The van der Waals surface area contributed by atoms with Crippen LogP contribution in [0.15, 0.2) is 23.1 Å². The highest BCUT2D eigenvalue weighted by atomic mass is 32.2. The number of nitrogens with two attached hydrogens (primary N) is 1. The first-order chi connectivity index (χ1) is 8.84. The number of sulfonamides is 1. The molecule has 106 valence electrons. The van der Waals surface area contributed by atoms with Crippen LogP contribution in [0.4, 0.5) is 5.69 Å². The van der Waals surface area contributed by atoms with E-state index in [1.165, 1.54) is 0 Å². The highest BCUT2D eigenvalue weighted by molar-refractivity contribution is 7.89. The number of hydrogen-bond donors (Lipinski definition) is 1. The molecule has 4 nitrogen and oxygen atoms in total. The molecule has 5 heteroatoms. The van der Waals surface area contributed by atoms with Crippen molar-refractivity contribution < 1.29 is 8.42 Å². The summed E-state index contributed by atoms with van der Waals surface area (Å²) in [6, 6.07) is 5.10. The zero-order chi connectivity index (χ0) is 14.2. The van der Waals surface area contributed by atoms with Gasteiger partial charge in [0.25, 0.3) is 0 Å². The van der Waals surface area contributed by atoms with E-state index in [0.717, 1.165) is 18.4 Å². The fourth-order valence-electron chi connectivity index (χ4n) is 2.82. The lowest BCUT2D eigenvalue weighted by Gasteiger charge is -2.27. The largest absolute Gasteiger partial charge is 0.399 e. The van der Waals surface area contributed by atoms with Crippen molar-refractivity contribution in [1.29, 1.82) is 0 Å². The van der Waals surface area contributed by atoms with Gasteiger partial charge in [-0.3, -0.25) is 0 Å². The van der Waals surface area contributed by atoms with E-state index in [4.69, 9.17) is 5.73 Å². The van der Waals surface area contributed by atoms with Crippen molar-refractivity contribution in [3.05, 3.63) is 23.8 Å². The van der Waals surface area contributed by atoms with Crippen LogP contribution in [0.3, 0.4) is 0 Å². The van der Waals surface area contributed by atoms with Crippen molar-refractivity contribution in [3.63, 3.8) is 0 Å². The Labute approximate surface area is 115 Å². The monoisotopic (exact) mass is 282 g/mol. The maximum atomic E-state index is 12.8. The Kier molecular flexibility index (Phi) is 3.87. The van der Waals surface area contributed by atoms with Crippen LogP contribution in [0, 0.1) is 12.8 Å². The molecule has 2 N–H and O–H groups in total. The second-order valence-corrected chi connectivity index (χ2v) is 7.45. The highest BCUT2D eigenvalue weighted by Gasteiger charge is 2.37. The van der Waals surface area contributed by atoms with Gasteiger partial charge >= 0.3 is 0 Å². The first-order valence-electron chi connectivity index (χ1n) is 6.72. The molecule has 0 amide bonds. The molecule has 19 heavy (non-hydrogen) atoms. The second kappa shape index (κ2) is 5.13. The number of nitrogens with zero attached hydrogens (tertiary/aromatic N) is 1. The van der Waals surface area contributed by atoms with Gasteiger partial charge < -0.3 is 5.73 Å². The Balaban J connectivity index is 2.42. The number of benzene rings is 1. The number of rotatable bonds is 3. The van der Waals surface area contributed by atoms with E-state index < -0.39 is 10.0 Å². The number of nitrogen functional groups attached to an aromatic ring is 1. The third kappa shape index (κ3) is 2.62. The lowest BCUT2D eigenvalue weighted by atomic mass is 10.0. The molecule has 1 saturated heterocycles. The molecule has 0 saturated carbocycles. The van der Waals surface area contributed by atoms with Gasteiger partial charge in [-0.25, -0.2) is 8.42 Å². The lowest BCUT2D eigenvalue weighted by Crippen LogP contribution is -2.38. The summed E-state index contributed by atoms with van der Waals surface area (Å²) in [6.45, 7) is 6.57. The van der Waals surface area contributed by atoms with Crippen molar-refractivity contribution >= 4 is 15.7 Å². The van der Waals surface area contributed by atoms with Gasteiger partial charge in [-0.1, -0.05) is 13.8 Å². The summed E-state index contributed by atoms with van der Waals surface area (Å²) >= 11 is 0. The smallest absolute Gasteiger partial charge is 0.243 e. The van der Waals surface area contributed by atoms with E-state index in [1.54, 1.807) is 29.4 Å². The maximum absolute atomic E-state index is 12.8. The van der Waals surface area contributed by atoms with Gasteiger partial charge in [0.05, 0.1) is 4.90 Å². The van der Waals surface area contributed by atoms with Crippen LogP contribution in [0.2, 0.25) is 0 Å². The first-order valence-corrected chi connectivity index (χ1v) is 8.16. The van der Waals surface area contributed by atoms with Crippen LogP contribution >= 0.6 is 0 Å². The fourth-order valence-corrected chi connectivity index (χ4v) is 4.85. The molecule has 1 fully saturated rings. The molecule has 1 heterocycles. The molecule has 1 aliphatic rings. The zero-order valence-corrected chi connectivity index (χ0v) is 12.6. The van der Waals surface area contributed by atoms with Crippen LogP contribution in [-0.2, 0) is 10.0 Å². The van der Waals surface area contributed by atoms with Gasteiger partial charge in [0.15, 0.2) is 0 Å². The standard InChI is InChI=1S/C14H22N2O2S/c1-10(2)13-5-4-8-16(13)19(17,18)14-7-6-12(15)9-11(14)3/h6-7,9-10,13H,4-5,8,15H2,1-3H3. The molecule has 2 rings (SSSR count). The SMILES string of the molecule is Cc1cc(N)ccc1S(=O)(=O)N1CCCC1C(C)C. The average molecular weight is 282 g/mol. The lowest BCUT2D eigenvalue weighted by molar-refractivity contribution is 0.315. The summed E-state index contributed by atoms with van der Waals surface area (Å²) in [5.74, 6) is 0.339. The van der Waals surface area contributed by atoms with Crippen LogP contribution in [0.5, 0.6) is 0 Å². The van der Waals surface area contributed by atoms with E-state index in [2.05, 4.69) is 13.8 Å². The minimum Gasteiger partial charge on any atom is -0.399 e. The van der Waals surface area contributed by atoms with E-state index in [9.17, 15) is 8.42 Å². The summed E-state index contributed by atoms with van der Waals surface area (Å²) in [5, 5.41) is 0. The van der Waals surface area contributed by atoms with Gasteiger partial charge in [-0.05, 0) is 49.4 Å². The summed E-state index contributed by atoms with van der Waals surface area (Å²) in [6.07, 6.45) is 1.89. The summed E-state index contributed by atoms with van der Waals surface area (Å²) in [4.78, 5) is 0.384. The van der Waals surface area contributed by atoms with E-state index >= 15 is 0 Å². The van der Waals surface area contributed by atoms with Crippen molar-refractivity contribution in [2.45, 2.75) is 44.6 Å². The predicted octanol–water partition coefficient (Wildman–Crippen LogP) is 2.39. The highest BCUT2D eigenvalue weighted by Crippen LogP contribution is 2.31. The molecule has 1 aliphatic heterocycles. The van der Waals surface area contributed by atoms with Gasteiger partial charge in [0, 0.05) is 18.3 Å². The third-order valence-corrected chi connectivity index (χ3v) is 5.89. The second-order valence-electron chi connectivity index (χ2n) is 5.59. The molecular formula is C14H22N2O2S. The van der Waals surface area contributed by atoms with Crippen molar-refractivity contribution in [2.24, 2.45) is 5.92 Å². The molecule has 0 bridgehead atoms. The topological polar surface area (TPSA) is 63.4 Å². The average Bonchev–Trinajstić information content (AvgIpc) is 2.77. The fraction of sp³-hybridized carbons (Fsp3) is 0.571. The molecule has 1 unspecified atom stereocenters. The third-order valence-electron chi connectivity index (χ3n) is 3.80. The van der Waals surface area contributed by atoms with Crippen LogP contribution in [-0.4, -0.2) is 25.3 Å². The minimum atomic E-state index is -3.40. The number of hydrogen-bond acceptors (Lipinski definition) is 3. The summed E-state index contributed by atoms with van der Waals surface area (Å²) in [5.41, 5.74) is 7.00. The Morgan fingerprint density at radius 1 is 1.37 bits per heavy atom. The molecular weight excluding hydrogens is 260 g/mol. The Morgan fingerprint density at radius 2 is 2.05 bits per heavy atom. The molecule has 0 aromatic heterocycles. The van der Waals surface area contributed by atoms with E-state index in [1.807, 2.05) is 0 Å². The van der Waals surface area contributed by atoms with Gasteiger partial charge in [0.2, 0.25) is 10.0 Å². The Morgan fingerprint density at radius 3 is 2.63 bits per heavy atom. The molecule has 0 aliphatic carbocycles. The van der Waals surface area contributed by atoms with Gasteiger partial charge in [-0.2, -0.15) is 4.31 Å². The maximum Gasteiger partial charge on any atom is 0.243 e. The number of anilines is 1. The van der Waals surface area contributed by atoms with E-state index in [0.29, 0.717) is 23.0 Å². The van der Waals surface area contributed by atoms with Crippen molar-refractivity contribution in [3.8, 4) is 0 Å². The molecule has 1 atom stereocenters. The van der Waals surface area contributed by atoms with Crippen LogP contribution in [0.1, 0.15) is 32.3 Å². The first kappa shape index (κ1) is 14.3. The Hall–Kier alpha value is -1.07. The van der Waals surface area contributed by atoms with Crippen LogP contribution < -0.4 is 5.73 Å². The molecule has 0 radical (unpaired) electrons. The summed E-state index contributed by atoms with van der Waals surface area (Å²) < 4.78 is 27.2. The quantitative estimate of drug-likeness (QED) is 0.866. The van der Waals surface area contributed by atoms with Crippen molar-refractivity contribution in [1.82, 2.24) is 4.31 Å². The van der Waals surface area contributed by atoms with Crippen LogP contribution in [0.25, 0.3) is 0 Å². The predicted molar refractivity (Wildman–Crippen MR) is 77.3 cm³/mol. The minimum absolute atomic E-state index is 0.113. The normalized spacial score (nSPS) is 21.2. The van der Waals surface area contributed by atoms with Crippen molar-refractivity contribution in [2.75, 3.05) is 12.3 Å². The number of aryl methyl sites for hydroxylation is 1.